The van der Waals surface area contributed by atoms with E-state index in [0.29, 0.717) is 0 Å². The third kappa shape index (κ3) is 3.86. The van der Waals surface area contributed by atoms with Crippen molar-refractivity contribution in [1.82, 2.24) is 9.97 Å². The number of carbonyl (C=O) groups is 1. The van der Waals surface area contributed by atoms with Gasteiger partial charge in [-0.25, -0.2) is 4.98 Å². The number of alkyl halides is 2. The number of rotatable bonds is 4. The molecule has 20 heavy (non-hydrogen) atoms. The van der Waals surface area contributed by atoms with Gasteiger partial charge in [-0.1, -0.05) is 17.7 Å². The van der Waals surface area contributed by atoms with Gasteiger partial charge in [0.1, 0.15) is 10.9 Å². The number of hydrogen-bond donors (Lipinski definition) is 1. The first kappa shape index (κ1) is 14.1. The van der Waals surface area contributed by atoms with Crippen LogP contribution in [0, 0.1) is 0 Å². The second-order valence-electron chi connectivity index (χ2n) is 3.59. The standard InChI is InChI=1S/C12H8ClF2N3O2/c13-9-5-16-6-10(17-9)18-11(19)7-2-1-3-8(4-7)20-12(14)15/h1-6,12H,(H,17,18,19). The van der Waals surface area contributed by atoms with Gasteiger partial charge in [0.15, 0.2) is 5.82 Å². The molecule has 0 aliphatic carbocycles. The lowest BCUT2D eigenvalue weighted by atomic mass is 10.2. The van der Waals surface area contributed by atoms with Gasteiger partial charge in [0, 0.05) is 5.56 Å². The van der Waals surface area contributed by atoms with Gasteiger partial charge in [0.2, 0.25) is 0 Å². The fourth-order valence-corrected chi connectivity index (χ4v) is 1.55. The van der Waals surface area contributed by atoms with E-state index in [0.717, 1.165) is 0 Å². The van der Waals surface area contributed by atoms with Crippen molar-refractivity contribution in [3.8, 4) is 5.75 Å². The van der Waals surface area contributed by atoms with Gasteiger partial charge in [-0.05, 0) is 18.2 Å². The zero-order valence-electron chi connectivity index (χ0n) is 9.89. The van der Waals surface area contributed by atoms with E-state index < -0.39 is 12.5 Å². The molecule has 0 unspecified atom stereocenters. The Balaban J connectivity index is 2.13. The van der Waals surface area contributed by atoms with Gasteiger partial charge in [0.05, 0.1) is 12.4 Å². The summed E-state index contributed by atoms with van der Waals surface area (Å²) in [4.78, 5) is 19.5. The predicted molar refractivity (Wildman–Crippen MR) is 68.1 cm³/mol. The molecule has 1 aromatic heterocycles. The highest BCUT2D eigenvalue weighted by Crippen LogP contribution is 2.17. The number of hydrogen-bond acceptors (Lipinski definition) is 4. The van der Waals surface area contributed by atoms with Crippen LogP contribution in [0.4, 0.5) is 14.6 Å². The summed E-state index contributed by atoms with van der Waals surface area (Å²) in [6.45, 7) is -2.95. The Morgan fingerprint density at radius 2 is 2.15 bits per heavy atom. The molecule has 1 amide bonds. The summed E-state index contributed by atoms with van der Waals surface area (Å²) in [7, 11) is 0. The number of amides is 1. The molecule has 8 heteroatoms. The van der Waals surface area contributed by atoms with E-state index in [4.69, 9.17) is 11.6 Å². The number of nitrogens with one attached hydrogen (secondary N) is 1. The van der Waals surface area contributed by atoms with Crippen LogP contribution >= 0.6 is 11.6 Å². The second-order valence-corrected chi connectivity index (χ2v) is 3.97. The molecular formula is C12H8ClF2N3O2. The topological polar surface area (TPSA) is 64.1 Å². The summed E-state index contributed by atoms with van der Waals surface area (Å²) >= 11 is 5.63. The average molecular weight is 300 g/mol. The Morgan fingerprint density at radius 3 is 2.85 bits per heavy atom. The van der Waals surface area contributed by atoms with Crippen molar-refractivity contribution < 1.29 is 18.3 Å². The van der Waals surface area contributed by atoms with E-state index in [1.165, 1.54) is 36.7 Å². The summed E-state index contributed by atoms with van der Waals surface area (Å²) < 4.78 is 28.4. The highest BCUT2D eigenvalue weighted by molar-refractivity contribution is 6.29. The quantitative estimate of drug-likeness (QED) is 0.942. The third-order valence-electron chi connectivity index (χ3n) is 2.17. The van der Waals surface area contributed by atoms with Crippen LogP contribution in [0.1, 0.15) is 10.4 Å². The Morgan fingerprint density at radius 1 is 1.35 bits per heavy atom. The Bertz CT molecular complexity index is 625. The molecule has 0 spiro atoms. The molecule has 0 fully saturated rings. The minimum absolute atomic E-state index is 0.107. The molecule has 1 heterocycles. The van der Waals surface area contributed by atoms with Crippen molar-refractivity contribution in [3.05, 3.63) is 47.4 Å². The van der Waals surface area contributed by atoms with Gasteiger partial charge in [-0.15, -0.1) is 0 Å². The van der Waals surface area contributed by atoms with Crippen molar-refractivity contribution in [2.75, 3.05) is 5.32 Å². The molecule has 1 N–H and O–H groups in total. The molecule has 0 aliphatic rings. The average Bonchev–Trinajstić information content (AvgIpc) is 2.38. The highest BCUT2D eigenvalue weighted by atomic mass is 35.5. The number of benzene rings is 1. The van der Waals surface area contributed by atoms with Crippen LogP contribution in [0.5, 0.6) is 5.75 Å². The number of aromatic nitrogens is 2. The van der Waals surface area contributed by atoms with E-state index in [1.807, 2.05) is 0 Å². The lowest BCUT2D eigenvalue weighted by Crippen LogP contribution is -2.13. The van der Waals surface area contributed by atoms with E-state index in [1.54, 1.807) is 0 Å². The van der Waals surface area contributed by atoms with Crippen molar-refractivity contribution in [2.24, 2.45) is 0 Å². The summed E-state index contributed by atoms with van der Waals surface area (Å²) in [5.74, 6) is -0.492. The molecule has 2 rings (SSSR count). The molecule has 0 aliphatic heterocycles. The second kappa shape index (κ2) is 6.25. The van der Waals surface area contributed by atoms with Crippen molar-refractivity contribution in [1.29, 1.82) is 0 Å². The lowest BCUT2D eigenvalue weighted by Gasteiger charge is -2.07. The zero-order chi connectivity index (χ0) is 14.5. The van der Waals surface area contributed by atoms with Crippen LogP contribution in [0.3, 0.4) is 0 Å². The third-order valence-corrected chi connectivity index (χ3v) is 2.35. The SMILES string of the molecule is O=C(Nc1cncc(Cl)n1)c1cccc(OC(F)F)c1. The number of halogens is 3. The monoisotopic (exact) mass is 299 g/mol. The Hall–Kier alpha value is -2.28. The van der Waals surface area contributed by atoms with Gasteiger partial charge in [0.25, 0.3) is 5.91 Å². The molecule has 5 nitrogen and oxygen atoms in total. The number of anilines is 1. The number of ether oxygens (including phenoxy) is 1. The maximum Gasteiger partial charge on any atom is 0.387 e. The van der Waals surface area contributed by atoms with Crippen LogP contribution in [-0.4, -0.2) is 22.5 Å². The van der Waals surface area contributed by atoms with Crippen LogP contribution in [0.25, 0.3) is 0 Å². The van der Waals surface area contributed by atoms with Crippen LogP contribution in [0.15, 0.2) is 36.7 Å². The van der Waals surface area contributed by atoms with Crippen molar-refractivity contribution in [3.63, 3.8) is 0 Å². The fraction of sp³-hybridized carbons (Fsp3) is 0.0833. The Labute approximate surface area is 117 Å². The van der Waals surface area contributed by atoms with Gasteiger partial charge in [-0.2, -0.15) is 8.78 Å². The largest absolute Gasteiger partial charge is 0.435 e. The first-order chi connectivity index (χ1) is 9.54. The van der Waals surface area contributed by atoms with Crippen molar-refractivity contribution in [2.45, 2.75) is 6.61 Å². The summed E-state index contributed by atoms with van der Waals surface area (Å²) in [6, 6.07) is 5.39. The summed E-state index contributed by atoms with van der Waals surface area (Å²) in [5.41, 5.74) is 0.143. The van der Waals surface area contributed by atoms with E-state index in [2.05, 4.69) is 20.0 Å². The van der Waals surface area contributed by atoms with Crippen LogP contribution < -0.4 is 10.1 Å². The molecule has 104 valence electrons. The minimum Gasteiger partial charge on any atom is -0.435 e. The maximum atomic E-state index is 12.1. The van der Waals surface area contributed by atoms with E-state index >= 15 is 0 Å². The van der Waals surface area contributed by atoms with Crippen molar-refractivity contribution >= 4 is 23.3 Å². The number of nitrogens with zero attached hydrogens (tertiary/aromatic N) is 2. The minimum atomic E-state index is -2.95. The smallest absolute Gasteiger partial charge is 0.387 e. The lowest BCUT2D eigenvalue weighted by molar-refractivity contribution is -0.0498. The van der Waals surface area contributed by atoms with Gasteiger partial charge in [-0.3, -0.25) is 9.78 Å². The van der Waals surface area contributed by atoms with Gasteiger partial charge >= 0.3 is 6.61 Å². The van der Waals surface area contributed by atoms with E-state index in [9.17, 15) is 13.6 Å². The predicted octanol–water partition coefficient (Wildman–Crippen LogP) is 2.98. The molecule has 0 radical (unpaired) electrons. The summed E-state index contributed by atoms with van der Waals surface area (Å²) in [5, 5.41) is 2.56. The molecule has 0 saturated heterocycles. The molecule has 0 saturated carbocycles. The Kier molecular flexibility index (Phi) is 4.41. The first-order valence-corrected chi connectivity index (χ1v) is 5.76. The molecule has 2 aromatic rings. The highest BCUT2D eigenvalue weighted by Gasteiger charge is 2.10. The number of carbonyl (C=O) groups excluding carboxylic acids is 1. The molecule has 0 bridgehead atoms. The molecule has 1 aromatic carbocycles. The normalized spacial score (nSPS) is 10.4. The summed E-state index contributed by atoms with van der Waals surface area (Å²) in [6.07, 6.45) is 2.62. The molecular weight excluding hydrogens is 292 g/mol. The first-order valence-electron chi connectivity index (χ1n) is 5.38. The van der Waals surface area contributed by atoms with E-state index in [-0.39, 0.29) is 22.3 Å². The fourth-order valence-electron chi connectivity index (χ4n) is 1.40. The van der Waals surface area contributed by atoms with Crippen LogP contribution in [0.2, 0.25) is 5.15 Å². The molecule has 0 atom stereocenters. The van der Waals surface area contributed by atoms with Crippen LogP contribution in [-0.2, 0) is 0 Å². The van der Waals surface area contributed by atoms with Gasteiger partial charge < -0.3 is 10.1 Å². The zero-order valence-corrected chi connectivity index (χ0v) is 10.6. The maximum absolute atomic E-state index is 12.1.